The van der Waals surface area contributed by atoms with Crippen molar-refractivity contribution in [2.45, 2.75) is 39.7 Å². The number of aliphatic hydroxyl groups excluding tert-OH is 1. The molecule has 0 aromatic carbocycles. The van der Waals surface area contributed by atoms with E-state index in [1.165, 1.54) is 0 Å². The van der Waals surface area contributed by atoms with Gasteiger partial charge >= 0.3 is 0 Å². The van der Waals surface area contributed by atoms with Crippen LogP contribution in [0.3, 0.4) is 0 Å². The van der Waals surface area contributed by atoms with Crippen molar-refractivity contribution in [2.24, 2.45) is 5.41 Å². The highest BCUT2D eigenvalue weighted by atomic mass is 16.3. The Morgan fingerprint density at radius 3 is 2.67 bits per heavy atom. The lowest BCUT2D eigenvalue weighted by Gasteiger charge is -2.27. The van der Waals surface area contributed by atoms with Gasteiger partial charge in [0.1, 0.15) is 6.10 Å². The molecule has 0 saturated heterocycles. The molecule has 3 nitrogen and oxygen atoms in total. The Labute approximate surface area is 91.9 Å². The number of aliphatic hydroxyl groups is 1. The van der Waals surface area contributed by atoms with Crippen LogP contribution in [0, 0.1) is 5.41 Å². The van der Waals surface area contributed by atoms with Gasteiger partial charge in [0.25, 0.3) is 5.91 Å². The van der Waals surface area contributed by atoms with Crippen molar-refractivity contribution < 1.29 is 9.90 Å². The van der Waals surface area contributed by atoms with Gasteiger partial charge in [0.2, 0.25) is 0 Å². The van der Waals surface area contributed by atoms with Crippen LogP contribution in [0.25, 0.3) is 0 Å². The summed E-state index contributed by atoms with van der Waals surface area (Å²) in [6.07, 6.45) is 5.52. The lowest BCUT2D eigenvalue weighted by atomic mass is 9.83. The number of carbonyl (C=O) groups excluding carboxylic acids is 1. The Balaban J connectivity index is 4.16. The molecule has 0 aliphatic carbocycles. The summed E-state index contributed by atoms with van der Waals surface area (Å²) in [5, 5.41) is 12.3. The van der Waals surface area contributed by atoms with E-state index >= 15 is 0 Å². The van der Waals surface area contributed by atoms with Gasteiger partial charge in [-0.25, -0.2) is 0 Å². The van der Waals surface area contributed by atoms with E-state index in [0.29, 0.717) is 6.42 Å². The van der Waals surface area contributed by atoms with Gasteiger partial charge in [0.15, 0.2) is 0 Å². The van der Waals surface area contributed by atoms with Crippen molar-refractivity contribution in [2.75, 3.05) is 0 Å². The standard InChI is InChI=1S/C12H21NO2/c1-5-7-8-9-13-11(15)10(14)12(3,4)6-2/h5,8-10,14H,1,6-7H2,2-4H3,(H,13,15)/b9-8-/t10-/m0/s1. The maximum absolute atomic E-state index is 11.5. The van der Waals surface area contributed by atoms with Crippen LogP contribution in [0.4, 0.5) is 0 Å². The third kappa shape index (κ3) is 4.79. The van der Waals surface area contributed by atoms with Crippen LogP contribution >= 0.6 is 0 Å². The number of amides is 1. The molecule has 0 aliphatic heterocycles. The maximum atomic E-state index is 11.5. The zero-order valence-corrected chi connectivity index (χ0v) is 9.79. The summed E-state index contributed by atoms with van der Waals surface area (Å²) in [6, 6.07) is 0. The van der Waals surface area contributed by atoms with Gasteiger partial charge in [0, 0.05) is 6.20 Å². The quantitative estimate of drug-likeness (QED) is 0.660. The number of hydrogen-bond acceptors (Lipinski definition) is 2. The Morgan fingerprint density at radius 1 is 1.60 bits per heavy atom. The largest absolute Gasteiger partial charge is 0.383 e. The normalized spacial score (nSPS) is 13.9. The van der Waals surface area contributed by atoms with Crippen molar-refractivity contribution in [3.63, 3.8) is 0 Å². The minimum Gasteiger partial charge on any atom is -0.383 e. The molecule has 0 radical (unpaired) electrons. The molecule has 15 heavy (non-hydrogen) atoms. The van der Waals surface area contributed by atoms with Gasteiger partial charge in [-0.2, -0.15) is 0 Å². The summed E-state index contributed by atoms with van der Waals surface area (Å²) in [5.41, 5.74) is -0.392. The second-order valence-corrected chi connectivity index (χ2v) is 4.18. The molecule has 0 saturated carbocycles. The molecule has 1 amide bonds. The van der Waals surface area contributed by atoms with E-state index in [1.807, 2.05) is 20.8 Å². The van der Waals surface area contributed by atoms with Crippen molar-refractivity contribution in [1.29, 1.82) is 0 Å². The number of nitrogens with one attached hydrogen (secondary N) is 1. The van der Waals surface area contributed by atoms with E-state index in [1.54, 1.807) is 18.4 Å². The van der Waals surface area contributed by atoms with Gasteiger partial charge < -0.3 is 10.4 Å². The van der Waals surface area contributed by atoms with Gasteiger partial charge in [-0.05, 0) is 18.3 Å². The summed E-state index contributed by atoms with van der Waals surface area (Å²) >= 11 is 0. The van der Waals surface area contributed by atoms with Crippen LogP contribution in [0.15, 0.2) is 24.9 Å². The van der Waals surface area contributed by atoms with E-state index in [4.69, 9.17) is 0 Å². The third-order valence-corrected chi connectivity index (χ3v) is 2.55. The number of allylic oxidation sites excluding steroid dienone is 2. The Morgan fingerprint density at radius 2 is 2.20 bits per heavy atom. The molecule has 0 aliphatic rings. The van der Waals surface area contributed by atoms with E-state index in [-0.39, 0.29) is 5.91 Å². The fourth-order valence-electron chi connectivity index (χ4n) is 0.932. The second-order valence-electron chi connectivity index (χ2n) is 4.18. The van der Waals surface area contributed by atoms with E-state index in [2.05, 4.69) is 11.9 Å². The first-order valence-electron chi connectivity index (χ1n) is 5.20. The van der Waals surface area contributed by atoms with Crippen molar-refractivity contribution in [3.05, 3.63) is 24.9 Å². The summed E-state index contributed by atoms with van der Waals surface area (Å²) in [5.74, 6) is -0.359. The molecule has 0 unspecified atom stereocenters. The monoisotopic (exact) mass is 211 g/mol. The highest BCUT2D eigenvalue weighted by Crippen LogP contribution is 2.24. The zero-order valence-electron chi connectivity index (χ0n) is 9.79. The van der Waals surface area contributed by atoms with Crippen LogP contribution in [-0.2, 0) is 4.79 Å². The summed E-state index contributed by atoms with van der Waals surface area (Å²) < 4.78 is 0. The Kier molecular flexibility index (Phi) is 5.94. The molecule has 86 valence electrons. The summed E-state index contributed by atoms with van der Waals surface area (Å²) in [4.78, 5) is 11.5. The molecule has 3 heteroatoms. The lowest BCUT2D eigenvalue weighted by Crippen LogP contribution is -2.41. The first kappa shape index (κ1) is 13.9. The topological polar surface area (TPSA) is 49.3 Å². The van der Waals surface area contributed by atoms with Gasteiger partial charge in [-0.1, -0.05) is 32.9 Å². The van der Waals surface area contributed by atoms with Crippen LogP contribution < -0.4 is 5.32 Å². The molecule has 0 spiro atoms. The molecule has 0 bridgehead atoms. The van der Waals surface area contributed by atoms with Crippen molar-refractivity contribution in [1.82, 2.24) is 5.32 Å². The minimum absolute atomic E-state index is 0.359. The summed E-state index contributed by atoms with van der Waals surface area (Å²) in [7, 11) is 0. The molecule has 0 aromatic rings. The molecule has 2 N–H and O–H groups in total. The Hall–Kier alpha value is -1.09. The molecular weight excluding hydrogens is 190 g/mol. The Bertz CT molecular complexity index is 244. The van der Waals surface area contributed by atoms with Crippen molar-refractivity contribution in [3.8, 4) is 0 Å². The molecule has 0 fully saturated rings. The predicted molar refractivity (Wildman–Crippen MR) is 62.2 cm³/mol. The molecule has 1 atom stereocenters. The van der Waals surface area contributed by atoms with Crippen LogP contribution in [0.5, 0.6) is 0 Å². The van der Waals surface area contributed by atoms with E-state index in [0.717, 1.165) is 6.42 Å². The average Bonchev–Trinajstić information content (AvgIpc) is 2.23. The van der Waals surface area contributed by atoms with Gasteiger partial charge in [-0.3, -0.25) is 4.79 Å². The fourth-order valence-corrected chi connectivity index (χ4v) is 0.932. The second kappa shape index (κ2) is 6.40. The van der Waals surface area contributed by atoms with Gasteiger partial charge in [-0.15, -0.1) is 6.58 Å². The van der Waals surface area contributed by atoms with Crippen LogP contribution in [-0.4, -0.2) is 17.1 Å². The first-order chi connectivity index (χ1) is 6.95. The smallest absolute Gasteiger partial charge is 0.253 e. The average molecular weight is 211 g/mol. The third-order valence-electron chi connectivity index (χ3n) is 2.55. The summed E-state index contributed by atoms with van der Waals surface area (Å²) in [6.45, 7) is 9.23. The number of rotatable bonds is 6. The molecule has 0 rings (SSSR count). The van der Waals surface area contributed by atoms with E-state index in [9.17, 15) is 9.90 Å². The minimum atomic E-state index is -0.976. The number of carbonyl (C=O) groups is 1. The fraction of sp³-hybridized carbons (Fsp3) is 0.583. The van der Waals surface area contributed by atoms with Crippen molar-refractivity contribution >= 4 is 5.91 Å². The lowest BCUT2D eigenvalue weighted by molar-refractivity contribution is -0.134. The van der Waals surface area contributed by atoms with E-state index < -0.39 is 11.5 Å². The molecular formula is C12H21NO2. The molecule has 0 heterocycles. The zero-order chi connectivity index (χ0) is 11.9. The first-order valence-corrected chi connectivity index (χ1v) is 5.20. The SMILES string of the molecule is C=CC/C=C\NC(=O)[C@H](O)C(C)(C)CC. The maximum Gasteiger partial charge on any atom is 0.253 e. The number of hydrogen-bond donors (Lipinski definition) is 2. The van der Waals surface area contributed by atoms with Crippen LogP contribution in [0.2, 0.25) is 0 Å². The van der Waals surface area contributed by atoms with Crippen LogP contribution in [0.1, 0.15) is 33.6 Å². The molecule has 0 aromatic heterocycles. The van der Waals surface area contributed by atoms with Gasteiger partial charge in [0.05, 0.1) is 0 Å². The highest BCUT2D eigenvalue weighted by molar-refractivity contribution is 5.82. The predicted octanol–water partition coefficient (Wildman–Crippen LogP) is 1.99. The highest BCUT2D eigenvalue weighted by Gasteiger charge is 2.31.